The lowest BCUT2D eigenvalue weighted by molar-refractivity contribution is 0.222. The molecule has 0 aliphatic carbocycles. The minimum atomic E-state index is 1.12. The van der Waals surface area contributed by atoms with Gasteiger partial charge in [0.2, 0.25) is 0 Å². The average Bonchev–Trinajstić information content (AvgIpc) is 2.54. The number of thiazole rings is 1. The van der Waals surface area contributed by atoms with Gasteiger partial charge in [-0.1, -0.05) is 6.42 Å². The molecule has 0 atom stereocenters. The van der Waals surface area contributed by atoms with E-state index in [1.165, 1.54) is 42.9 Å². The molecule has 1 saturated heterocycles. The summed E-state index contributed by atoms with van der Waals surface area (Å²) < 4.78 is 0. The maximum absolute atomic E-state index is 4.27. The number of nitrogens with zero attached hydrogens (tertiary/aromatic N) is 2. The van der Waals surface area contributed by atoms with E-state index in [1.54, 1.807) is 11.3 Å². The van der Waals surface area contributed by atoms with Gasteiger partial charge in [0.05, 0.1) is 11.2 Å². The molecule has 72 valence electrons. The molecule has 0 aromatic carbocycles. The van der Waals surface area contributed by atoms with E-state index in [0.29, 0.717) is 0 Å². The van der Waals surface area contributed by atoms with E-state index in [-0.39, 0.29) is 0 Å². The summed E-state index contributed by atoms with van der Waals surface area (Å²) in [6.07, 6.45) is 4.16. The van der Waals surface area contributed by atoms with Crippen LogP contribution in [-0.2, 0) is 6.54 Å². The van der Waals surface area contributed by atoms with Crippen LogP contribution in [-0.4, -0.2) is 23.0 Å². The van der Waals surface area contributed by atoms with Crippen LogP contribution in [0.4, 0.5) is 0 Å². The summed E-state index contributed by atoms with van der Waals surface area (Å²) in [4.78, 5) is 8.27. The molecule has 0 unspecified atom stereocenters. The number of hydrogen-bond acceptors (Lipinski definition) is 3. The smallest absolute Gasteiger partial charge is 0.0798 e. The maximum Gasteiger partial charge on any atom is 0.0798 e. The van der Waals surface area contributed by atoms with Gasteiger partial charge >= 0.3 is 0 Å². The van der Waals surface area contributed by atoms with Gasteiger partial charge in [-0.3, -0.25) is 4.90 Å². The molecule has 2 heterocycles. The molecule has 1 aliphatic heterocycles. The van der Waals surface area contributed by atoms with Crippen molar-refractivity contribution in [2.75, 3.05) is 13.1 Å². The normalized spacial score (nSPS) is 19.2. The Balaban J connectivity index is 1.93. The van der Waals surface area contributed by atoms with E-state index in [1.807, 2.05) is 5.51 Å². The number of hydrogen-bond donors (Lipinski definition) is 0. The predicted molar refractivity (Wildman–Crippen MR) is 56.0 cm³/mol. The quantitative estimate of drug-likeness (QED) is 0.722. The van der Waals surface area contributed by atoms with Crippen molar-refractivity contribution in [3.63, 3.8) is 0 Å². The van der Waals surface area contributed by atoms with E-state index in [9.17, 15) is 0 Å². The van der Waals surface area contributed by atoms with Gasteiger partial charge < -0.3 is 0 Å². The first kappa shape index (κ1) is 9.16. The number of aromatic nitrogens is 1. The van der Waals surface area contributed by atoms with Crippen LogP contribution in [0.3, 0.4) is 0 Å². The predicted octanol–water partition coefficient (Wildman–Crippen LogP) is 2.44. The monoisotopic (exact) mass is 196 g/mol. The Kier molecular flexibility index (Phi) is 2.96. The Morgan fingerprint density at radius 1 is 1.38 bits per heavy atom. The zero-order valence-corrected chi connectivity index (χ0v) is 8.94. The van der Waals surface area contributed by atoms with Gasteiger partial charge in [-0.05, 0) is 32.9 Å². The third-order valence-corrected chi connectivity index (χ3v) is 3.58. The maximum atomic E-state index is 4.27. The number of aryl methyl sites for hydroxylation is 1. The van der Waals surface area contributed by atoms with Crippen LogP contribution in [0.15, 0.2) is 5.51 Å². The molecular weight excluding hydrogens is 180 g/mol. The highest BCUT2D eigenvalue weighted by atomic mass is 32.1. The molecule has 1 aliphatic rings. The highest BCUT2D eigenvalue weighted by Gasteiger charge is 2.12. The van der Waals surface area contributed by atoms with Gasteiger partial charge in [-0.2, -0.15) is 0 Å². The van der Waals surface area contributed by atoms with E-state index in [4.69, 9.17) is 0 Å². The van der Waals surface area contributed by atoms with E-state index in [0.717, 1.165) is 6.54 Å². The summed E-state index contributed by atoms with van der Waals surface area (Å²) in [6.45, 7) is 5.78. The summed E-state index contributed by atoms with van der Waals surface area (Å²) in [6, 6.07) is 0. The summed E-state index contributed by atoms with van der Waals surface area (Å²) in [5.74, 6) is 0. The van der Waals surface area contributed by atoms with Gasteiger partial charge in [0, 0.05) is 11.4 Å². The van der Waals surface area contributed by atoms with Crippen LogP contribution in [0.5, 0.6) is 0 Å². The van der Waals surface area contributed by atoms with E-state index >= 15 is 0 Å². The summed E-state index contributed by atoms with van der Waals surface area (Å²) >= 11 is 1.79. The molecule has 1 aromatic heterocycles. The fraction of sp³-hybridized carbons (Fsp3) is 0.700. The molecular formula is C10H16N2S. The molecule has 1 fully saturated rings. The van der Waals surface area contributed by atoms with Gasteiger partial charge in [0.25, 0.3) is 0 Å². The first-order valence-corrected chi connectivity index (χ1v) is 5.85. The van der Waals surface area contributed by atoms with Gasteiger partial charge in [0.15, 0.2) is 0 Å². The molecule has 1 aromatic rings. The Labute approximate surface area is 83.6 Å². The Bertz CT molecular complexity index is 264. The third-order valence-electron chi connectivity index (χ3n) is 2.66. The summed E-state index contributed by atoms with van der Waals surface area (Å²) in [7, 11) is 0. The Hall–Kier alpha value is -0.410. The molecule has 2 nitrogen and oxygen atoms in total. The molecule has 2 rings (SSSR count). The average molecular weight is 196 g/mol. The van der Waals surface area contributed by atoms with Crippen LogP contribution in [0.2, 0.25) is 0 Å². The highest BCUT2D eigenvalue weighted by Crippen LogP contribution is 2.17. The fourth-order valence-corrected chi connectivity index (χ4v) is 2.62. The second kappa shape index (κ2) is 4.20. The van der Waals surface area contributed by atoms with Crippen molar-refractivity contribution in [2.24, 2.45) is 0 Å². The second-order valence-corrected chi connectivity index (χ2v) is 4.64. The van der Waals surface area contributed by atoms with Crippen molar-refractivity contribution in [1.29, 1.82) is 0 Å². The molecule has 13 heavy (non-hydrogen) atoms. The molecule has 0 saturated carbocycles. The Morgan fingerprint density at radius 3 is 2.77 bits per heavy atom. The van der Waals surface area contributed by atoms with Crippen LogP contribution in [0.1, 0.15) is 29.8 Å². The van der Waals surface area contributed by atoms with Crippen LogP contribution in [0.25, 0.3) is 0 Å². The summed E-state index contributed by atoms with van der Waals surface area (Å²) in [5.41, 5.74) is 3.17. The summed E-state index contributed by atoms with van der Waals surface area (Å²) in [5, 5.41) is 0. The minimum absolute atomic E-state index is 1.12. The third kappa shape index (κ3) is 2.29. The van der Waals surface area contributed by atoms with Crippen molar-refractivity contribution < 1.29 is 0 Å². The highest BCUT2D eigenvalue weighted by molar-refractivity contribution is 7.09. The van der Waals surface area contributed by atoms with Crippen molar-refractivity contribution in [3.05, 3.63) is 16.1 Å². The lowest BCUT2D eigenvalue weighted by atomic mass is 10.1. The van der Waals surface area contributed by atoms with Crippen molar-refractivity contribution in [1.82, 2.24) is 9.88 Å². The Morgan fingerprint density at radius 2 is 2.15 bits per heavy atom. The van der Waals surface area contributed by atoms with E-state index in [2.05, 4.69) is 16.8 Å². The van der Waals surface area contributed by atoms with Gasteiger partial charge in [-0.25, -0.2) is 4.98 Å². The largest absolute Gasteiger partial charge is 0.298 e. The topological polar surface area (TPSA) is 16.1 Å². The van der Waals surface area contributed by atoms with Crippen molar-refractivity contribution >= 4 is 11.3 Å². The molecule has 0 bridgehead atoms. The minimum Gasteiger partial charge on any atom is -0.298 e. The molecule has 0 N–H and O–H groups in total. The fourth-order valence-electron chi connectivity index (χ4n) is 1.80. The number of piperidine rings is 1. The molecule has 0 radical (unpaired) electrons. The standard InChI is InChI=1S/C10H16N2S/c1-9-10(13-8-11-9)7-12-5-3-2-4-6-12/h8H,2-7H2,1H3. The first-order chi connectivity index (χ1) is 6.36. The lowest BCUT2D eigenvalue weighted by Crippen LogP contribution is -2.28. The van der Waals surface area contributed by atoms with Crippen molar-refractivity contribution in [2.45, 2.75) is 32.7 Å². The van der Waals surface area contributed by atoms with Crippen LogP contribution >= 0.6 is 11.3 Å². The molecule has 0 spiro atoms. The van der Waals surface area contributed by atoms with Gasteiger partial charge in [0.1, 0.15) is 0 Å². The van der Waals surface area contributed by atoms with Crippen molar-refractivity contribution in [3.8, 4) is 0 Å². The van der Waals surface area contributed by atoms with Gasteiger partial charge in [-0.15, -0.1) is 11.3 Å². The first-order valence-electron chi connectivity index (χ1n) is 4.97. The number of likely N-dealkylation sites (tertiary alicyclic amines) is 1. The molecule has 3 heteroatoms. The van der Waals surface area contributed by atoms with E-state index < -0.39 is 0 Å². The van der Waals surface area contributed by atoms with Crippen LogP contribution in [0, 0.1) is 6.92 Å². The second-order valence-electron chi connectivity index (χ2n) is 3.70. The molecule has 0 amide bonds. The zero-order valence-electron chi connectivity index (χ0n) is 8.12. The SMILES string of the molecule is Cc1ncsc1CN1CCCCC1. The lowest BCUT2D eigenvalue weighted by Gasteiger charge is -2.25. The number of rotatable bonds is 2. The zero-order chi connectivity index (χ0) is 9.10. The van der Waals surface area contributed by atoms with Crippen LogP contribution < -0.4 is 0 Å².